The predicted octanol–water partition coefficient (Wildman–Crippen LogP) is -0.422. The van der Waals surface area contributed by atoms with Gasteiger partial charge >= 0.3 is 0 Å². The van der Waals surface area contributed by atoms with Gasteiger partial charge in [0.2, 0.25) is 5.96 Å². The highest BCUT2D eigenvalue weighted by Gasteiger charge is 2.07. The molecule has 15 heavy (non-hydrogen) atoms. The van der Waals surface area contributed by atoms with Crippen LogP contribution in [0, 0.1) is 16.7 Å². The fraction of sp³-hybridized carbons (Fsp3) is 0.714. The van der Waals surface area contributed by atoms with Gasteiger partial charge in [-0.3, -0.25) is 26.9 Å². The molecule has 0 spiro atoms. The predicted molar refractivity (Wildman–Crippen MR) is 54.9 cm³/mol. The molecule has 0 aromatic rings. The van der Waals surface area contributed by atoms with Gasteiger partial charge in [-0.1, -0.05) is 19.1 Å². The lowest BCUT2D eigenvalue weighted by molar-refractivity contribution is -0.288. The Kier molecular flexibility index (Phi) is 6.14. The van der Waals surface area contributed by atoms with E-state index in [0.717, 1.165) is 6.42 Å². The Morgan fingerprint density at radius 3 is 2.53 bits per heavy atom. The standard InChI is InChI=1S/C7H18N6O2/c1-5(2)3-4-15-13(14)7(10)12-11-6(8)9/h5,14H,3-4H2,1-2H3,(H2,10,12)(H4,8,9,11). The number of nitrogens with two attached hydrogens (primary N) is 1. The maximum atomic E-state index is 9.12. The van der Waals surface area contributed by atoms with Gasteiger partial charge in [-0.05, 0) is 12.3 Å². The van der Waals surface area contributed by atoms with Gasteiger partial charge in [0.05, 0.1) is 6.61 Å². The van der Waals surface area contributed by atoms with E-state index in [4.69, 9.17) is 26.6 Å². The molecular formula is C7H18N6O2. The number of nitrogens with one attached hydrogen (secondary N) is 4. The summed E-state index contributed by atoms with van der Waals surface area (Å²) in [6, 6.07) is 0. The van der Waals surface area contributed by atoms with Crippen molar-refractivity contribution in [3.63, 3.8) is 0 Å². The van der Waals surface area contributed by atoms with Crippen molar-refractivity contribution in [3.8, 4) is 0 Å². The van der Waals surface area contributed by atoms with E-state index in [0.29, 0.717) is 12.5 Å². The summed E-state index contributed by atoms with van der Waals surface area (Å²) >= 11 is 0. The number of hydroxylamine groups is 2. The average Bonchev–Trinajstić information content (AvgIpc) is 2.13. The molecule has 0 rings (SSSR count). The molecule has 7 N–H and O–H groups in total. The summed E-state index contributed by atoms with van der Waals surface area (Å²) in [5, 5.41) is 23.4. The first-order valence-corrected chi connectivity index (χ1v) is 4.50. The minimum atomic E-state index is -0.450. The van der Waals surface area contributed by atoms with E-state index in [2.05, 4.69) is 10.9 Å². The van der Waals surface area contributed by atoms with Crippen LogP contribution in [0.1, 0.15) is 20.3 Å². The highest BCUT2D eigenvalue weighted by Crippen LogP contribution is 1.99. The fourth-order valence-electron chi connectivity index (χ4n) is 0.614. The Hall–Kier alpha value is -1.54. The maximum absolute atomic E-state index is 9.12. The Labute approximate surface area is 88.3 Å². The van der Waals surface area contributed by atoms with Crippen molar-refractivity contribution in [1.29, 1.82) is 10.8 Å². The Bertz CT molecular complexity index is 220. The van der Waals surface area contributed by atoms with E-state index in [9.17, 15) is 0 Å². The van der Waals surface area contributed by atoms with Gasteiger partial charge in [-0.25, -0.2) is 4.84 Å². The fourth-order valence-corrected chi connectivity index (χ4v) is 0.614. The van der Waals surface area contributed by atoms with Crippen molar-refractivity contribution in [2.24, 2.45) is 11.7 Å². The van der Waals surface area contributed by atoms with Crippen LogP contribution < -0.4 is 16.6 Å². The van der Waals surface area contributed by atoms with Crippen LogP contribution in [-0.4, -0.2) is 29.0 Å². The number of hydrazine groups is 1. The van der Waals surface area contributed by atoms with E-state index in [1.54, 1.807) is 0 Å². The Morgan fingerprint density at radius 2 is 2.07 bits per heavy atom. The monoisotopic (exact) mass is 218 g/mol. The molecule has 0 saturated carbocycles. The molecule has 0 aromatic heterocycles. The second kappa shape index (κ2) is 6.85. The molecule has 0 aliphatic carbocycles. The van der Waals surface area contributed by atoms with Gasteiger partial charge in [0, 0.05) is 0 Å². The first-order valence-electron chi connectivity index (χ1n) is 4.50. The smallest absolute Gasteiger partial charge is 0.262 e. The third-order valence-corrected chi connectivity index (χ3v) is 1.42. The van der Waals surface area contributed by atoms with Gasteiger partial charge in [-0.2, -0.15) is 0 Å². The molecule has 0 saturated heterocycles. The maximum Gasteiger partial charge on any atom is 0.262 e. The average molecular weight is 218 g/mol. The summed E-state index contributed by atoms with van der Waals surface area (Å²) < 4.78 is 0. The Balaban J connectivity index is 3.64. The molecule has 0 aromatic carbocycles. The molecule has 8 heteroatoms. The molecule has 0 radical (unpaired) electrons. The van der Waals surface area contributed by atoms with Gasteiger partial charge in [0.15, 0.2) is 0 Å². The third kappa shape index (κ3) is 7.52. The SMILES string of the molecule is CC(C)CCON(O)C(=N)NNC(=N)N. The molecular weight excluding hydrogens is 200 g/mol. The van der Waals surface area contributed by atoms with Crippen LogP contribution in [-0.2, 0) is 4.84 Å². The quantitative estimate of drug-likeness (QED) is 0.216. The Morgan fingerprint density at radius 1 is 1.47 bits per heavy atom. The molecule has 0 amide bonds. The molecule has 0 bridgehead atoms. The van der Waals surface area contributed by atoms with Crippen LogP contribution in [0.3, 0.4) is 0 Å². The molecule has 0 atom stereocenters. The second-order valence-corrected chi connectivity index (χ2v) is 3.30. The van der Waals surface area contributed by atoms with Crippen LogP contribution in [0.4, 0.5) is 0 Å². The van der Waals surface area contributed by atoms with Crippen LogP contribution in [0.15, 0.2) is 0 Å². The first kappa shape index (κ1) is 13.5. The molecule has 0 aliphatic rings. The van der Waals surface area contributed by atoms with Gasteiger partial charge in [0.25, 0.3) is 5.96 Å². The molecule has 0 aliphatic heterocycles. The van der Waals surface area contributed by atoms with Crippen molar-refractivity contribution < 1.29 is 10.0 Å². The lowest BCUT2D eigenvalue weighted by Crippen LogP contribution is -2.50. The zero-order valence-corrected chi connectivity index (χ0v) is 8.87. The number of hydrogen-bond acceptors (Lipinski definition) is 4. The molecule has 0 fully saturated rings. The lowest BCUT2D eigenvalue weighted by Gasteiger charge is -2.18. The summed E-state index contributed by atoms with van der Waals surface area (Å²) in [4.78, 5) is 4.80. The first-order chi connectivity index (χ1) is 6.93. The van der Waals surface area contributed by atoms with Crippen LogP contribution in [0.5, 0.6) is 0 Å². The number of guanidine groups is 2. The van der Waals surface area contributed by atoms with Crippen molar-refractivity contribution in [3.05, 3.63) is 0 Å². The van der Waals surface area contributed by atoms with Crippen molar-refractivity contribution in [1.82, 2.24) is 16.1 Å². The lowest BCUT2D eigenvalue weighted by atomic mass is 10.1. The summed E-state index contributed by atoms with van der Waals surface area (Å²) in [6.45, 7) is 4.34. The summed E-state index contributed by atoms with van der Waals surface area (Å²) in [6.07, 6.45) is 0.768. The molecule has 8 nitrogen and oxygen atoms in total. The van der Waals surface area contributed by atoms with Crippen LogP contribution in [0.25, 0.3) is 0 Å². The zero-order valence-electron chi connectivity index (χ0n) is 8.87. The second-order valence-electron chi connectivity index (χ2n) is 3.30. The van der Waals surface area contributed by atoms with Gasteiger partial charge in [0.1, 0.15) is 0 Å². The molecule has 0 unspecified atom stereocenters. The van der Waals surface area contributed by atoms with E-state index in [1.807, 2.05) is 13.8 Å². The largest absolute Gasteiger partial charge is 0.369 e. The van der Waals surface area contributed by atoms with Gasteiger partial charge in [-0.15, -0.1) is 0 Å². The van der Waals surface area contributed by atoms with E-state index in [-0.39, 0.29) is 11.2 Å². The normalized spacial score (nSPS) is 9.87. The third-order valence-electron chi connectivity index (χ3n) is 1.42. The topological polar surface area (TPSA) is 130 Å². The van der Waals surface area contributed by atoms with E-state index < -0.39 is 5.96 Å². The van der Waals surface area contributed by atoms with E-state index in [1.165, 1.54) is 0 Å². The zero-order chi connectivity index (χ0) is 11.8. The minimum absolute atomic E-state index is 0.276. The minimum Gasteiger partial charge on any atom is -0.369 e. The van der Waals surface area contributed by atoms with E-state index >= 15 is 0 Å². The molecule has 0 heterocycles. The number of hydrogen-bond donors (Lipinski definition) is 6. The van der Waals surface area contributed by atoms with Gasteiger partial charge < -0.3 is 5.73 Å². The number of rotatable bonds is 4. The highest BCUT2D eigenvalue weighted by molar-refractivity contribution is 5.80. The van der Waals surface area contributed by atoms with Crippen LogP contribution >= 0.6 is 0 Å². The summed E-state index contributed by atoms with van der Waals surface area (Å²) in [5.41, 5.74) is 9.24. The molecule has 88 valence electrons. The van der Waals surface area contributed by atoms with Crippen LogP contribution in [0.2, 0.25) is 0 Å². The number of nitrogens with zero attached hydrogens (tertiary/aromatic N) is 1. The van der Waals surface area contributed by atoms with Crippen molar-refractivity contribution in [2.75, 3.05) is 6.61 Å². The van der Waals surface area contributed by atoms with Crippen molar-refractivity contribution in [2.45, 2.75) is 20.3 Å². The summed E-state index contributed by atoms with van der Waals surface area (Å²) in [5.74, 6) is -0.361. The van der Waals surface area contributed by atoms with Crippen molar-refractivity contribution >= 4 is 11.9 Å². The highest BCUT2D eigenvalue weighted by atomic mass is 16.9. The summed E-state index contributed by atoms with van der Waals surface area (Å²) in [7, 11) is 0.